The van der Waals surface area contributed by atoms with Crippen molar-refractivity contribution in [2.45, 2.75) is 0 Å². The van der Waals surface area contributed by atoms with E-state index in [1.165, 1.54) is 7.11 Å². The molecule has 0 saturated carbocycles. The van der Waals surface area contributed by atoms with Crippen molar-refractivity contribution in [3.8, 4) is 11.5 Å². The van der Waals surface area contributed by atoms with Crippen LogP contribution in [0.4, 0.5) is 11.4 Å². The minimum Gasteiger partial charge on any atom is -0.497 e. The van der Waals surface area contributed by atoms with Crippen LogP contribution in [0.1, 0.15) is 10.4 Å². The SMILES string of the molecule is COC(=O)c1ccc(N2CCOCC2)c(NC(=O)COc2ccc(OC)cc2)c1. The molecule has 29 heavy (non-hydrogen) atoms. The Kier molecular flexibility index (Phi) is 6.91. The maximum absolute atomic E-state index is 12.5. The minimum atomic E-state index is -0.469. The van der Waals surface area contributed by atoms with Crippen LogP contribution in [0.15, 0.2) is 42.5 Å². The second kappa shape index (κ2) is 9.79. The molecule has 2 aromatic rings. The summed E-state index contributed by atoms with van der Waals surface area (Å²) in [5.41, 5.74) is 1.70. The number of carbonyl (C=O) groups excluding carboxylic acids is 2. The standard InChI is InChI=1S/C21H24N2O6/c1-26-16-4-6-17(7-5-16)29-14-20(24)22-18-13-15(21(25)27-2)3-8-19(18)23-9-11-28-12-10-23/h3-8,13H,9-12,14H2,1-2H3,(H,22,24). The number of hydrogen-bond donors (Lipinski definition) is 1. The third-order valence-electron chi connectivity index (χ3n) is 4.47. The predicted octanol–water partition coefficient (Wildman–Crippen LogP) is 2.34. The normalized spacial score (nSPS) is 13.5. The number of nitrogens with zero attached hydrogens (tertiary/aromatic N) is 1. The van der Waals surface area contributed by atoms with Crippen molar-refractivity contribution in [1.82, 2.24) is 0 Å². The zero-order valence-corrected chi connectivity index (χ0v) is 16.5. The first kappa shape index (κ1) is 20.5. The smallest absolute Gasteiger partial charge is 0.337 e. The quantitative estimate of drug-likeness (QED) is 0.714. The van der Waals surface area contributed by atoms with E-state index in [0.717, 1.165) is 5.69 Å². The van der Waals surface area contributed by atoms with Crippen molar-refractivity contribution < 1.29 is 28.5 Å². The van der Waals surface area contributed by atoms with Gasteiger partial charge in [-0.1, -0.05) is 0 Å². The average molecular weight is 400 g/mol. The monoisotopic (exact) mass is 400 g/mol. The third-order valence-corrected chi connectivity index (χ3v) is 4.47. The Hall–Kier alpha value is -3.26. The van der Waals surface area contributed by atoms with E-state index in [-0.39, 0.29) is 12.5 Å². The maximum atomic E-state index is 12.5. The second-order valence-corrected chi connectivity index (χ2v) is 6.34. The largest absolute Gasteiger partial charge is 0.497 e. The Morgan fingerprint density at radius 1 is 1.03 bits per heavy atom. The van der Waals surface area contributed by atoms with Gasteiger partial charge in [-0.2, -0.15) is 0 Å². The molecule has 0 spiro atoms. The number of methoxy groups -OCH3 is 2. The Labute approximate surface area is 169 Å². The van der Waals surface area contributed by atoms with Gasteiger partial charge in [0.25, 0.3) is 5.91 Å². The molecule has 0 bridgehead atoms. The summed E-state index contributed by atoms with van der Waals surface area (Å²) in [7, 11) is 2.90. The van der Waals surface area contributed by atoms with Crippen LogP contribution < -0.4 is 19.7 Å². The van der Waals surface area contributed by atoms with Gasteiger partial charge in [0, 0.05) is 13.1 Å². The summed E-state index contributed by atoms with van der Waals surface area (Å²) in [4.78, 5) is 26.5. The molecule has 1 fully saturated rings. The number of carbonyl (C=O) groups is 2. The highest BCUT2D eigenvalue weighted by molar-refractivity contribution is 5.98. The molecule has 1 saturated heterocycles. The fourth-order valence-electron chi connectivity index (χ4n) is 2.97. The van der Waals surface area contributed by atoms with E-state index in [9.17, 15) is 9.59 Å². The fourth-order valence-corrected chi connectivity index (χ4v) is 2.97. The van der Waals surface area contributed by atoms with E-state index in [2.05, 4.69) is 10.2 Å². The van der Waals surface area contributed by atoms with Gasteiger partial charge in [-0.3, -0.25) is 4.79 Å². The molecule has 1 aliphatic heterocycles. The molecule has 0 atom stereocenters. The van der Waals surface area contributed by atoms with E-state index in [4.69, 9.17) is 18.9 Å². The van der Waals surface area contributed by atoms with Crippen LogP contribution in [0.3, 0.4) is 0 Å². The molecule has 0 unspecified atom stereocenters. The van der Waals surface area contributed by atoms with Crippen LogP contribution in [0.5, 0.6) is 11.5 Å². The molecule has 1 amide bonds. The van der Waals surface area contributed by atoms with Crippen LogP contribution in [0.25, 0.3) is 0 Å². The summed E-state index contributed by atoms with van der Waals surface area (Å²) < 4.78 is 20.8. The van der Waals surface area contributed by atoms with Crippen LogP contribution in [-0.2, 0) is 14.3 Å². The first-order valence-electron chi connectivity index (χ1n) is 9.22. The molecule has 1 aliphatic rings. The lowest BCUT2D eigenvalue weighted by Gasteiger charge is -2.30. The van der Waals surface area contributed by atoms with E-state index >= 15 is 0 Å². The van der Waals surface area contributed by atoms with Gasteiger partial charge >= 0.3 is 5.97 Å². The molecule has 1 heterocycles. The predicted molar refractivity (Wildman–Crippen MR) is 108 cm³/mol. The highest BCUT2D eigenvalue weighted by atomic mass is 16.5. The number of amides is 1. The molecule has 0 aromatic heterocycles. The lowest BCUT2D eigenvalue weighted by atomic mass is 10.1. The Balaban J connectivity index is 1.71. The number of hydrogen-bond acceptors (Lipinski definition) is 7. The highest BCUT2D eigenvalue weighted by Gasteiger charge is 2.18. The van der Waals surface area contributed by atoms with Crippen molar-refractivity contribution in [2.75, 3.05) is 57.3 Å². The van der Waals surface area contributed by atoms with Crippen molar-refractivity contribution in [1.29, 1.82) is 0 Å². The number of ether oxygens (including phenoxy) is 4. The number of nitrogens with one attached hydrogen (secondary N) is 1. The lowest BCUT2D eigenvalue weighted by molar-refractivity contribution is -0.118. The lowest BCUT2D eigenvalue weighted by Crippen LogP contribution is -2.37. The topological polar surface area (TPSA) is 86.3 Å². The van der Waals surface area contributed by atoms with Crippen LogP contribution in [0, 0.1) is 0 Å². The van der Waals surface area contributed by atoms with Gasteiger partial charge in [-0.05, 0) is 42.5 Å². The van der Waals surface area contributed by atoms with Gasteiger partial charge in [0.2, 0.25) is 0 Å². The van der Waals surface area contributed by atoms with Crippen LogP contribution in [-0.4, -0.2) is 59.0 Å². The zero-order chi connectivity index (χ0) is 20.6. The molecular weight excluding hydrogens is 376 g/mol. The molecule has 1 N–H and O–H groups in total. The van der Waals surface area contributed by atoms with E-state index in [0.29, 0.717) is 49.1 Å². The molecular formula is C21H24N2O6. The Morgan fingerprint density at radius 3 is 2.38 bits per heavy atom. The van der Waals surface area contributed by atoms with Crippen LogP contribution in [0.2, 0.25) is 0 Å². The van der Waals surface area contributed by atoms with E-state index < -0.39 is 5.97 Å². The first-order chi connectivity index (χ1) is 14.1. The van der Waals surface area contributed by atoms with Gasteiger partial charge in [0.1, 0.15) is 11.5 Å². The van der Waals surface area contributed by atoms with Crippen molar-refractivity contribution in [3.63, 3.8) is 0 Å². The van der Waals surface area contributed by atoms with Gasteiger partial charge < -0.3 is 29.2 Å². The molecule has 154 valence electrons. The molecule has 0 aliphatic carbocycles. The Bertz CT molecular complexity index is 847. The summed E-state index contributed by atoms with van der Waals surface area (Å²) in [5, 5.41) is 2.84. The summed E-state index contributed by atoms with van der Waals surface area (Å²) in [6, 6.07) is 12.1. The highest BCUT2D eigenvalue weighted by Crippen LogP contribution is 2.28. The summed E-state index contributed by atoms with van der Waals surface area (Å²) in [6.45, 7) is 2.43. The number of rotatable bonds is 7. The molecule has 3 rings (SSSR count). The average Bonchev–Trinajstić information content (AvgIpc) is 2.78. The van der Waals surface area contributed by atoms with Crippen molar-refractivity contribution >= 4 is 23.3 Å². The van der Waals surface area contributed by atoms with E-state index in [1.807, 2.05) is 0 Å². The molecule has 2 aromatic carbocycles. The van der Waals surface area contributed by atoms with Gasteiger partial charge in [-0.25, -0.2) is 4.79 Å². The van der Waals surface area contributed by atoms with Crippen molar-refractivity contribution in [2.24, 2.45) is 0 Å². The maximum Gasteiger partial charge on any atom is 0.337 e. The number of benzene rings is 2. The number of morpholine rings is 1. The Morgan fingerprint density at radius 2 is 1.72 bits per heavy atom. The van der Waals surface area contributed by atoms with Crippen LogP contribution >= 0.6 is 0 Å². The summed E-state index contributed by atoms with van der Waals surface area (Å²) >= 11 is 0. The molecule has 8 nitrogen and oxygen atoms in total. The minimum absolute atomic E-state index is 0.169. The fraction of sp³-hybridized carbons (Fsp3) is 0.333. The molecule has 8 heteroatoms. The van der Waals surface area contributed by atoms with Gasteiger partial charge in [0.15, 0.2) is 6.61 Å². The summed E-state index contributed by atoms with van der Waals surface area (Å²) in [6.07, 6.45) is 0. The summed E-state index contributed by atoms with van der Waals surface area (Å²) in [5.74, 6) is 0.454. The number of esters is 1. The zero-order valence-electron chi connectivity index (χ0n) is 16.5. The van der Waals surface area contributed by atoms with Crippen molar-refractivity contribution in [3.05, 3.63) is 48.0 Å². The third kappa shape index (κ3) is 5.39. The molecule has 0 radical (unpaired) electrons. The second-order valence-electron chi connectivity index (χ2n) is 6.34. The number of anilines is 2. The van der Waals surface area contributed by atoms with E-state index in [1.54, 1.807) is 49.6 Å². The van der Waals surface area contributed by atoms with Gasteiger partial charge in [-0.15, -0.1) is 0 Å². The van der Waals surface area contributed by atoms with Gasteiger partial charge in [0.05, 0.1) is 44.4 Å². The first-order valence-corrected chi connectivity index (χ1v) is 9.22.